The molecule has 0 saturated heterocycles. The molecule has 1 nitrogen and oxygen atoms in total. The van der Waals surface area contributed by atoms with Crippen LogP contribution in [0, 0.1) is 11.3 Å². The van der Waals surface area contributed by atoms with Crippen LogP contribution in [0.15, 0.2) is 30.3 Å². The van der Waals surface area contributed by atoms with Gasteiger partial charge in [0.05, 0.1) is 0 Å². The van der Waals surface area contributed by atoms with Crippen LogP contribution < -0.4 is 0 Å². The van der Waals surface area contributed by atoms with Gasteiger partial charge in [-0.3, -0.25) is 0 Å². The van der Waals surface area contributed by atoms with Crippen molar-refractivity contribution in [2.75, 3.05) is 0 Å². The van der Waals surface area contributed by atoms with E-state index in [0.29, 0.717) is 5.02 Å². The predicted molar refractivity (Wildman–Crippen MR) is 86.1 cm³/mol. The minimum absolute atomic E-state index is 0.237. The van der Waals surface area contributed by atoms with E-state index in [4.69, 9.17) is 23.2 Å². The molecule has 19 heavy (non-hydrogen) atoms. The molecule has 0 amide bonds. The predicted octanol–water partition coefficient (Wildman–Crippen LogP) is 4.24. The van der Waals surface area contributed by atoms with Crippen LogP contribution in [0.1, 0.15) is 26.3 Å². The average molecular weight is 295 g/mol. The van der Waals surface area contributed by atoms with Gasteiger partial charge < -0.3 is 0 Å². The van der Waals surface area contributed by atoms with Gasteiger partial charge in [-0.1, -0.05) is 0 Å². The zero-order valence-corrected chi connectivity index (χ0v) is 12.9. The number of allylic oxidation sites excluding steroid dienone is 1. The van der Waals surface area contributed by atoms with Gasteiger partial charge in [-0.25, -0.2) is 0 Å². The summed E-state index contributed by atoms with van der Waals surface area (Å²) in [5, 5.41) is 0.314. The molecule has 0 bridgehead atoms. The number of hydrogen-bond donors (Lipinski definition) is 0. The molecule has 0 aliphatic carbocycles. The van der Waals surface area contributed by atoms with Crippen LogP contribution in [0.5, 0.6) is 0 Å². The van der Waals surface area contributed by atoms with E-state index >= 15 is 0 Å². The molecule has 100 valence electrons. The molecule has 0 fully saturated rings. The molecule has 1 aromatic rings. The maximum atomic E-state index is 11.6. The van der Waals surface area contributed by atoms with Crippen LogP contribution in [-0.4, -0.2) is 18.6 Å². The van der Waals surface area contributed by atoms with Crippen molar-refractivity contribution in [3.8, 4) is 0 Å². The first kappa shape index (κ1) is 16.2. The van der Waals surface area contributed by atoms with Gasteiger partial charge in [0, 0.05) is 0 Å². The molecular weight excluding hydrogens is 278 g/mol. The Labute approximate surface area is 125 Å². The summed E-state index contributed by atoms with van der Waals surface area (Å²) in [4.78, 5) is 11.6. The van der Waals surface area contributed by atoms with Crippen LogP contribution >= 0.6 is 23.2 Å². The van der Waals surface area contributed by atoms with E-state index in [2.05, 4.69) is 6.47 Å². The number of halogens is 2. The Bertz CT molecular complexity index is 498. The van der Waals surface area contributed by atoms with Crippen molar-refractivity contribution in [1.29, 1.82) is 0 Å². The van der Waals surface area contributed by atoms with Crippen LogP contribution in [0.2, 0.25) is 5.02 Å². The van der Waals surface area contributed by atoms with E-state index in [1.54, 1.807) is 6.92 Å². The molecular formula is C15H17BCl2O. The SMILES string of the molecule is C=B/C(=C\C(C(=O)Cl)C(C)(C)C)c1ccc(Cl)cc1. The fraction of sp³-hybridized carbons (Fsp3) is 0.333. The summed E-state index contributed by atoms with van der Waals surface area (Å²) in [7, 11) is 0. The molecule has 1 rings (SSSR count). The van der Waals surface area contributed by atoms with E-state index in [9.17, 15) is 4.79 Å². The van der Waals surface area contributed by atoms with E-state index in [1.807, 2.05) is 51.1 Å². The summed E-state index contributed by atoms with van der Waals surface area (Å²) >= 11 is 11.6. The Hall–Kier alpha value is -0.855. The molecule has 0 radical (unpaired) electrons. The fourth-order valence-electron chi connectivity index (χ4n) is 1.76. The molecule has 0 aliphatic heterocycles. The third-order valence-electron chi connectivity index (χ3n) is 2.92. The second kappa shape index (κ2) is 6.54. The summed E-state index contributed by atoms with van der Waals surface area (Å²) in [5.41, 5.74) is 1.61. The normalized spacial score (nSPS) is 13.8. The quantitative estimate of drug-likeness (QED) is 0.599. The van der Waals surface area contributed by atoms with Gasteiger partial charge in [0.2, 0.25) is 0 Å². The molecule has 0 saturated carbocycles. The molecule has 0 N–H and O–H groups in total. The van der Waals surface area contributed by atoms with E-state index < -0.39 is 0 Å². The first-order valence-corrected chi connectivity index (χ1v) is 6.81. The Morgan fingerprint density at radius 3 is 2.21 bits per heavy atom. The Balaban J connectivity index is 3.20. The molecule has 0 aromatic heterocycles. The van der Waals surface area contributed by atoms with Crippen molar-refractivity contribution in [3.63, 3.8) is 0 Å². The van der Waals surface area contributed by atoms with Gasteiger partial charge in [-0.05, 0) is 0 Å². The third kappa shape index (κ3) is 4.63. The van der Waals surface area contributed by atoms with E-state index in [-0.39, 0.29) is 16.6 Å². The van der Waals surface area contributed by atoms with Crippen molar-refractivity contribution in [3.05, 3.63) is 40.9 Å². The second-order valence-electron chi connectivity index (χ2n) is 5.48. The van der Waals surface area contributed by atoms with Crippen LogP contribution in [0.4, 0.5) is 0 Å². The van der Waals surface area contributed by atoms with Crippen molar-refractivity contribution >= 4 is 47.3 Å². The fourth-order valence-corrected chi connectivity index (χ4v) is 2.28. The number of benzene rings is 1. The van der Waals surface area contributed by atoms with Gasteiger partial charge in [0.1, 0.15) is 0 Å². The first-order valence-electron chi connectivity index (χ1n) is 6.05. The second-order valence-corrected chi connectivity index (χ2v) is 6.29. The number of carbonyl (C=O) groups is 1. The van der Waals surface area contributed by atoms with Gasteiger partial charge in [0.15, 0.2) is 0 Å². The van der Waals surface area contributed by atoms with Crippen LogP contribution in [0.3, 0.4) is 0 Å². The molecule has 1 unspecified atom stereocenters. The van der Waals surface area contributed by atoms with Crippen molar-refractivity contribution in [1.82, 2.24) is 0 Å². The Morgan fingerprint density at radius 2 is 1.84 bits per heavy atom. The maximum absolute atomic E-state index is 11.6. The minimum atomic E-state index is -0.363. The number of rotatable bonds is 4. The molecule has 0 heterocycles. The van der Waals surface area contributed by atoms with Gasteiger partial charge in [0.25, 0.3) is 0 Å². The first-order chi connectivity index (χ1) is 8.75. The summed E-state index contributed by atoms with van der Waals surface area (Å²) < 4.78 is 0. The van der Waals surface area contributed by atoms with Gasteiger partial charge in [-0.2, -0.15) is 0 Å². The van der Waals surface area contributed by atoms with Crippen LogP contribution in [-0.2, 0) is 4.79 Å². The van der Waals surface area contributed by atoms with Gasteiger partial charge in [-0.15, -0.1) is 0 Å². The van der Waals surface area contributed by atoms with Crippen molar-refractivity contribution < 1.29 is 4.79 Å². The summed E-state index contributed by atoms with van der Waals surface area (Å²) in [6.45, 7) is 11.5. The topological polar surface area (TPSA) is 17.1 Å². The summed E-state index contributed by atoms with van der Waals surface area (Å²) in [6, 6.07) is 7.41. The van der Waals surface area contributed by atoms with E-state index in [0.717, 1.165) is 11.0 Å². The monoisotopic (exact) mass is 294 g/mol. The number of hydrogen-bond acceptors (Lipinski definition) is 1. The van der Waals surface area contributed by atoms with Crippen molar-refractivity contribution in [2.45, 2.75) is 20.8 Å². The van der Waals surface area contributed by atoms with E-state index in [1.165, 1.54) is 0 Å². The van der Waals surface area contributed by atoms with Crippen molar-refractivity contribution in [2.24, 2.45) is 11.3 Å². The molecule has 4 heteroatoms. The zero-order chi connectivity index (χ0) is 14.6. The molecule has 1 atom stereocenters. The molecule has 0 spiro atoms. The third-order valence-corrected chi connectivity index (χ3v) is 3.41. The summed E-state index contributed by atoms with van der Waals surface area (Å²) in [5.74, 6) is -0.363. The summed E-state index contributed by atoms with van der Waals surface area (Å²) in [6.07, 6.45) is 1.87. The Kier molecular flexibility index (Phi) is 5.57. The standard InChI is InChI=1S/C15H17BCl2O/c1-15(2,3)12(14(18)19)9-13(16-4)10-5-7-11(17)8-6-10/h5-9,12H,4H2,1-3H3/b13-9-. The number of carbonyl (C=O) groups excluding carboxylic acids is 1. The average Bonchev–Trinajstić information content (AvgIpc) is 2.30. The Morgan fingerprint density at radius 1 is 1.32 bits per heavy atom. The molecule has 0 aliphatic rings. The zero-order valence-electron chi connectivity index (χ0n) is 11.4. The van der Waals surface area contributed by atoms with Gasteiger partial charge >= 0.3 is 125 Å². The molecule has 1 aromatic carbocycles. The van der Waals surface area contributed by atoms with Crippen LogP contribution in [0.25, 0.3) is 5.47 Å².